The van der Waals surface area contributed by atoms with Gasteiger partial charge in [-0.2, -0.15) is 0 Å². The number of thiazole rings is 1. The summed E-state index contributed by atoms with van der Waals surface area (Å²) in [6, 6.07) is 0.655. The Kier molecular flexibility index (Phi) is 3.77. The van der Waals surface area contributed by atoms with Crippen molar-refractivity contribution < 1.29 is 4.39 Å². The molecule has 7 heteroatoms. The highest BCUT2D eigenvalue weighted by atomic mass is 32.1. The van der Waals surface area contributed by atoms with Gasteiger partial charge in [-0.25, -0.2) is 19.3 Å². The molecule has 122 valence electrons. The van der Waals surface area contributed by atoms with Crippen LogP contribution < -0.4 is 4.90 Å². The Morgan fingerprint density at radius 3 is 2.70 bits per heavy atom. The first-order chi connectivity index (χ1) is 11.2. The molecule has 2 aromatic rings. The zero-order chi connectivity index (χ0) is 15.9. The third-order valence-electron chi connectivity index (χ3n) is 5.20. The van der Waals surface area contributed by atoms with Gasteiger partial charge in [-0.05, 0) is 31.7 Å². The lowest BCUT2D eigenvalue weighted by Gasteiger charge is -2.34. The maximum atomic E-state index is 12.9. The molecule has 0 N–H and O–H groups in total. The largest absolute Gasteiger partial charge is 0.341 e. The molecular weight excluding hydrogens is 313 g/mol. The molecule has 1 atom stereocenters. The minimum atomic E-state index is -0.381. The maximum Gasteiger partial charge on any atom is 0.225 e. The molecule has 2 aliphatic rings. The van der Waals surface area contributed by atoms with Gasteiger partial charge in [0, 0.05) is 30.7 Å². The molecule has 1 saturated carbocycles. The third-order valence-corrected chi connectivity index (χ3v) is 5.96. The Balaban J connectivity index is 1.34. The van der Waals surface area contributed by atoms with Crippen LogP contribution in [-0.2, 0) is 6.54 Å². The smallest absolute Gasteiger partial charge is 0.225 e. The van der Waals surface area contributed by atoms with Crippen LogP contribution in [-0.4, -0.2) is 46.0 Å². The number of hydrogen-bond acceptors (Lipinski definition) is 6. The van der Waals surface area contributed by atoms with Crippen LogP contribution in [0.25, 0.3) is 0 Å². The van der Waals surface area contributed by atoms with Gasteiger partial charge in [-0.1, -0.05) is 0 Å². The van der Waals surface area contributed by atoms with E-state index < -0.39 is 0 Å². The molecule has 1 spiro atoms. The normalized spacial score (nSPS) is 22.7. The van der Waals surface area contributed by atoms with E-state index in [0.29, 0.717) is 17.4 Å². The molecule has 5 nitrogen and oxygen atoms in total. The predicted octanol–water partition coefficient (Wildman–Crippen LogP) is 2.56. The van der Waals surface area contributed by atoms with Gasteiger partial charge < -0.3 is 4.90 Å². The van der Waals surface area contributed by atoms with Crippen LogP contribution in [0.15, 0.2) is 24.0 Å². The van der Waals surface area contributed by atoms with Gasteiger partial charge in [0.1, 0.15) is 5.01 Å². The average molecular weight is 333 g/mol. The number of nitrogens with zero attached hydrogens (tertiary/aromatic N) is 5. The SMILES string of the molecule is CN(Cc1nccs1)C1CC12CCN(c1ncc(F)cn1)CC2. The zero-order valence-electron chi connectivity index (χ0n) is 13.2. The summed E-state index contributed by atoms with van der Waals surface area (Å²) in [5.41, 5.74) is 0.447. The van der Waals surface area contributed by atoms with E-state index in [1.165, 1.54) is 23.8 Å². The van der Waals surface area contributed by atoms with E-state index >= 15 is 0 Å². The Hall–Kier alpha value is -1.60. The standard InChI is InChI=1S/C16H20FN5S/c1-21(11-14-18-4-7-23-14)13-8-16(13)2-5-22(6-3-16)15-19-9-12(17)10-20-15/h4,7,9-10,13H,2-3,5-6,8,11H2,1H3. The quantitative estimate of drug-likeness (QED) is 0.860. The van der Waals surface area contributed by atoms with Crippen molar-refractivity contribution in [1.29, 1.82) is 0 Å². The second kappa shape index (κ2) is 5.79. The van der Waals surface area contributed by atoms with Crippen LogP contribution in [0.4, 0.5) is 10.3 Å². The maximum absolute atomic E-state index is 12.9. The summed E-state index contributed by atoms with van der Waals surface area (Å²) in [6.45, 7) is 2.84. The highest BCUT2D eigenvalue weighted by molar-refractivity contribution is 7.09. The number of hydrogen-bond donors (Lipinski definition) is 0. The summed E-state index contributed by atoms with van der Waals surface area (Å²) >= 11 is 1.72. The second-order valence-corrected chi connectivity index (χ2v) is 7.59. The molecule has 0 bridgehead atoms. The van der Waals surface area contributed by atoms with E-state index in [0.717, 1.165) is 32.5 Å². The molecule has 1 aliphatic carbocycles. The third kappa shape index (κ3) is 2.95. The number of anilines is 1. The summed E-state index contributed by atoms with van der Waals surface area (Å²) in [5, 5.41) is 3.22. The van der Waals surface area contributed by atoms with Gasteiger partial charge in [0.2, 0.25) is 5.95 Å². The van der Waals surface area contributed by atoms with Crippen molar-refractivity contribution in [2.75, 3.05) is 25.0 Å². The lowest BCUT2D eigenvalue weighted by atomic mass is 9.92. The van der Waals surface area contributed by atoms with Gasteiger partial charge in [0.25, 0.3) is 0 Å². The monoisotopic (exact) mass is 333 g/mol. The molecule has 2 aromatic heterocycles. The number of aromatic nitrogens is 3. The topological polar surface area (TPSA) is 45.2 Å². The Morgan fingerprint density at radius 2 is 2.04 bits per heavy atom. The van der Waals surface area contributed by atoms with E-state index in [9.17, 15) is 4.39 Å². The summed E-state index contributed by atoms with van der Waals surface area (Å²) in [7, 11) is 2.20. The van der Waals surface area contributed by atoms with E-state index in [1.807, 2.05) is 11.6 Å². The Morgan fingerprint density at radius 1 is 1.30 bits per heavy atom. The molecule has 0 aromatic carbocycles. The van der Waals surface area contributed by atoms with Gasteiger partial charge in [0.15, 0.2) is 5.82 Å². The number of rotatable bonds is 4. The summed E-state index contributed by atoms with van der Waals surface area (Å²) in [4.78, 5) is 17.2. The van der Waals surface area contributed by atoms with Crippen LogP contribution >= 0.6 is 11.3 Å². The molecule has 3 heterocycles. The molecule has 0 radical (unpaired) electrons. The molecule has 0 amide bonds. The molecule has 1 saturated heterocycles. The summed E-state index contributed by atoms with van der Waals surface area (Å²) < 4.78 is 12.9. The molecule has 4 rings (SSSR count). The van der Waals surface area contributed by atoms with E-state index in [4.69, 9.17) is 0 Å². The fourth-order valence-corrected chi connectivity index (χ4v) is 4.44. The summed E-state index contributed by atoms with van der Waals surface area (Å²) in [6.07, 6.45) is 7.94. The van der Waals surface area contributed by atoms with E-state index in [1.54, 1.807) is 11.3 Å². The molecule has 1 unspecified atom stereocenters. The van der Waals surface area contributed by atoms with Crippen LogP contribution in [0.1, 0.15) is 24.3 Å². The summed E-state index contributed by atoms with van der Waals surface area (Å²) in [5.74, 6) is 0.267. The zero-order valence-corrected chi connectivity index (χ0v) is 14.0. The van der Waals surface area contributed by atoms with Crippen molar-refractivity contribution in [3.63, 3.8) is 0 Å². The minimum absolute atomic E-state index is 0.381. The second-order valence-electron chi connectivity index (χ2n) is 6.61. The Bertz CT molecular complexity index is 652. The van der Waals surface area contributed by atoms with Crippen molar-refractivity contribution >= 4 is 17.3 Å². The van der Waals surface area contributed by atoms with Crippen molar-refractivity contribution in [3.8, 4) is 0 Å². The molecule has 23 heavy (non-hydrogen) atoms. The minimum Gasteiger partial charge on any atom is -0.341 e. The van der Waals surface area contributed by atoms with Gasteiger partial charge in [-0.15, -0.1) is 11.3 Å². The van der Waals surface area contributed by atoms with Crippen molar-refractivity contribution in [1.82, 2.24) is 19.9 Å². The predicted molar refractivity (Wildman–Crippen MR) is 87.9 cm³/mol. The van der Waals surface area contributed by atoms with Crippen molar-refractivity contribution in [3.05, 3.63) is 34.8 Å². The van der Waals surface area contributed by atoms with Crippen molar-refractivity contribution in [2.24, 2.45) is 5.41 Å². The first-order valence-electron chi connectivity index (χ1n) is 7.97. The average Bonchev–Trinajstić information content (AvgIpc) is 3.01. The number of piperidine rings is 1. The van der Waals surface area contributed by atoms with Crippen LogP contribution in [0, 0.1) is 11.2 Å². The lowest BCUT2D eigenvalue weighted by Crippen LogP contribution is -2.38. The first kappa shape index (κ1) is 15.0. The van der Waals surface area contributed by atoms with Crippen LogP contribution in [0.3, 0.4) is 0 Å². The highest BCUT2D eigenvalue weighted by Crippen LogP contribution is 2.56. The van der Waals surface area contributed by atoms with Gasteiger partial charge >= 0.3 is 0 Å². The van der Waals surface area contributed by atoms with Crippen LogP contribution in [0.2, 0.25) is 0 Å². The van der Waals surface area contributed by atoms with E-state index in [2.05, 4.69) is 31.8 Å². The fraction of sp³-hybridized carbons (Fsp3) is 0.562. The van der Waals surface area contributed by atoms with Gasteiger partial charge in [-0.3, -0.25) is 4.90 Å². The van der Waals surface area contributed by atoms with Crippen LogP contribution in [0.5, 0.6) is 0 Å². The number of halogens is 1. The lowest BCUT2D eigenvalue weighted by molar-refractivity contribution is 0.238. The van der Waals surface area contributed by atoms with Crippen molar-refractivity contribution in [2.45, 2.75) is 31.8 Å². The Labute approximate surface area is 139 Å². The molecule has 1 aliphatic heterocycles. The van der Waals surface area contributed by atoms with Gasteiger partial charge in [0.05, 0.1) is 18.9 Å². The highest BCUT2D eigenvalue weighted by Gasteiger charge is 2.56. The molecule has 2 fully saturated rings. The first-order valence-corrected chi connectivity index (χ1v) is 8.85. The fourth-order valence-electron chi connectivity index (χ4n) is 3.76. The molecular formula is C16H20FN5S. The van der Waals surface area contributed by atoms with E-state index in [-0.39, 0.29) is 5.82 Å².